The summed E-state index contributed by atoms with van der Waals surface area (Å²) in [5.41, 5.74) is -0.645. The molecule has 0 saturated carbocycles. The van der Waals surface area contributed by atoms with Gasteiger partial charge in [-0.15, -0.1) is 11.3 Å². The lowest BCUT2D eigenvalue weighted by molar-refractivity contribution is 0.468. The van der Waals surface area contributed by atoms with Crippen LogP contribution in [0.5, 0.6) is 0 Å². The Morgan fingerprint density at radius 3 is 2.65 bits per heavy atom. The zero-order chi connectivity index (χ0) is 15.1. The number of sulfonamides is 1. The van der Waals surface area contributed by atoms with Crippen LogP contribution in [0.15, 0.2) is 11.6 Å². The third-order valence-corrected chi connectivity index (χ3v) is 5.57. The fourth-order valence-corrected chi connectivity index (χ4v) is 4.20. The highest BCUT2D eigenvalue weighted by atomic mass is 32.2. The topological polar surface area (TPSA) is 71.1 Å². The van der Waals surface area contributed by atoms with Crippen molar-refractivity contribution in [3.05, 3.63) is 16.6 Å². The van der Waals surface area contributed by atoms with Crippen LogP contribution >= 0.6 is 11.3 Å². The van der Waals surface area contributed by atoms with E-state index in [4.69, 9.17) is 0 Å². The molecule has 0 amide bonds. The van der Waals surface area contributed by atoms with Crippen molar-refractivity contribution in [1.29, 1.82) is 0 Å². The van der Waals surface area contributed by atoms with Crippen molar-refractivity contribution in [2.45, 2.75) is 45.6 Å². The fourth-order valence-electron chi connectivity index (χ4n) is 1.86. The molecule has 0 spiro atoms. The van der Waals surface area contributed by atoms with Crippen LogP contribution in [0.2, 0.25) is 0 Å². The van der Waals surface area contributed by atoms with Crippen LogP contribution < -0.4 is 10.0 Å². The molecule has 0 bridgehead atoms. The maximum Gasteiger partial charge on any atom is 0.212 e. The van der Waals surface area contributed by atoms with E-state index in [0.717, 1.165) is 30.9 Å². The maximum atomic E-state index is 12.1. The predicted octanol–water partition coefficient (Wildman–Crippen LogP) is 2.08. The minimum atomic E-state index is -3.27. The second kappa shape index (κ2) is 8.07. The van der Waals surface area contributed by atoms with E-state index >= 15 is 0 Å². The summed E-state index contributed by atoms with van der Waals surface area (Å²) >= 11 is 1.46. The summed E-state index contributed by atoms with van der Waals surface area (Å²) in [6.45, 7) is 7.65. The van der Waals surface area contributed by atoms with E-state index in [2.05, 4.69) is 21.9 Å². The van der Waals surface area contributed by atoms with Crippen LogP contribution in [0.1, 0.15) is 45.0 Å². The van der Waals surface area contributed by atoms with Crippen molar-refractivity contribution in [3.8, 4) is 0 Å². The Kier molecular flexibility index (Phi) is 7.08. The van der Waals surface area contributed by atoms with Crippen molar-refractivity contribution in [1.82, 2.24) is 15.0 Å². The molecule has 1 heterocycles. The largest absolute Gasteiger partial charge is 0.317 e. The summed E-state index contributed by atoms with van der Waals surface area (Å²) in [6, 6.07) is 0. The lowest BCUT2D eigenvalue weighted by Crippen LogP contribution is -2.42. The Hall–Kier alpha value is -0.500. The van der Waals surface area contributed by atoms with Crippen molar-refractivity contribution in [3.63, 3.8) is 0 Å². The molecule has 0 saturated heterocycles. The van der Waals surface area contributed by atoms with Gasteiger partial charge in [0.2, 0.25) is 10.0 Å². The van der Waals surface area contributed by atoms with Crippen LogP contribution in [-0.2, 0) is 15.6 Å². The van der Waals surface area contributed by atoms with E-state index < -0.39 is 15.6 Å². The quantitative estimate of drug-likeness (QED) is 0.648. The molecule has 0 radical (unpaired) electrons. The van der Waals surface area contributed by atoms with E-state index in [9.17, 15) is 8.42 Å². The first-order valence-electron chi connectivity index (χ1n) is 7.00. The van der Waals surface area contributed by atoms with Crippen LogP contribution in [-0.4, -0.2) is 32.2 Å². The molecule has 2 N–H and O–H groups in total. The zero-order valence-corrected chi connectivity index (χ0v) is 14.1. The number of thiazole rings is 1. The Morgan fingerprint density at radius 1 is 1.30 bits per heavy atom. The average Bonchev–Trinajstić information content (AvgIpc) is 2.86. The number of nitrogens with zero attached hydrogens (tertiary/aromatic N) is 1. The highest BCUT2D eigenvalue weighted by Gasteiger charge is 2.28. The molecule has 0 aliphatic rings. The molecule has 0 aliphatic carbocycles. The molecule has 116 valence electrons. The number of unbranched alkanes of at least 4 members (excludes halogenated alkanes) is 1. The standard InChI is InChI=1S/C13H25N3O2S2/c1-4-7-14-8-5-6-11-20(17,18)16-13(2,3)12-15-9-10-19-12/h9-10,14,16H,4-8,11H2,1-3H3. The average molecular weight is 319 g/mol. The third-order valence-electron chi connectivity index (χ3n) is 2.82. The van der Waals surface area contributed by atoms with Crippen LogP contribution in [0.25, 0.3) is 0 Å². The highest BCUT2D eigenvalue weighted by molar-refractivity contribution is 7.89. The molecule has 1 aromatic heterocycles. The monoisotopic (exact) mass is 319 g/mol. The van der Waals surface area contributed by atoms with E-state index in [-0.39, 0.29) is 5.75 Å². The molecule has 7 heteroatoms. The Labute approximate surface area is 126 Å². The van der Waals surface area contributed by atoms with Crippen molar-refractivity contribution >= 4 is 21.4 Å². The third kappa shape index (κ3) is 6.30. The summed E-state index contributed by atoms with van der Waals surface area (Å²) < 4.78 is 26.9. The second-order valence-corrected chi connectivity index (χ2v) is 8.08. The Balaban J connectivity index is 2.38. The predicted molar refractivity (Wildman–Crippen MR) is 84.5 cm³/mol. The summed E-state index contributed by atoms with van der Waals surface area (Å²) in [4.78, 5) is 4.18. The van der Waals surface area contributed by atoms with Gasteiger partial charge in [-0.1, -0.05) is 6.92 Å². The number of hydrogen-bond donors (Lipinski definition) is 2. The highest BCUT2D eigenvalue weighted by Crippen LogP contribution is 2.23. The number of hydrogen-bond acceptors (Lipinski definition) is 5. The fraction of sp³-hybridized carbons (Fsp3) is 0.769. The molecular formula is C13H25N3O2S2. The van der Waals surface area contributed by atoms with Crippen molar-refractivity contribution < 1.29 is 8.42 Å². The number of rotatable bonds is 10. The first kappa shape index (κ1) is 17.6. The first-order valence-corrected chi connectivity index (χ1v) is 9.53. The molecule has 0 aromatic carbocycles. The summed E-state index contributed by atoms with van der Waals surface area (Å²) in [5, 5.41) is 5.90. The van der Waals surface area contributed by atoms with Gasteiger partial charge in [0.25, 0.3) is 0 Å². The van der Waals surface area contributed by atoms with E-state index in [1.165, 1.54) is 11.3 Å². The van der Waals surface area contributed by atoms with E-state index in [1.54, 1.807) is 6.20 Å². The first-order chi connectivity index (χ1) is 9.37. The van der Waals surface area contributed by atoms with Crippen LogP contribution in [0, 0.1) is 0 Å². The van der Waals surface area contributed by atoms with Gasteiger partial charge in [-0.2, -0.15) is 0 Å². The van der Waals surface area contributed by atoms with Crippen LogP contribution in [0.3, 0.4) is 0 Å². The molecule has 20 heavy (non-hydrogen) atoms. The minimum absolute atomic E-state index is 0.162. The normalized spacial score (nSPS) is 12.8. The van der Waals surface area contributed by atoms with Gasteiger partial charge in [-0.05, 0) is 46.2 Å². The van der Waals surface area contributed by atoms with Crippen molar-refractivity contribution in [2.24, 2.45) is 0 Å². The van der Waals surface area contributed by atoms with Crippen molar-refractivity contribution in [2.75, 3.05) is 18.8 Å². The van der Waals surface area contributed by atoms with Gasteiger partial charge < -0.3 is 5.32 Å². The van der Waals surface area contributed by atoms with Gasteiger partial charge in [-0.25, -0.2) is 18.1 Å². The molecular weight excluding hydrogens is 294 g/mol. The molecule has 5 nitrogen and oxygen atoms in total. The maximum absolute atomic E-state index is 12.1. The lowest BCUT2D eigenvalue weighted by atomic mass is 10.1. The molecule has 0 fully saturated rings. The van der Waals surface area contributed by atoms with Crippen LogP contribution in [0.4, 0.5) is 0 Å². The SMILES string of the molecule is CCCNCCCCS(=O)(=O)NC(C)(C)c1nccs1. The lowest BCUT2D eigenvalue weighted by Gasteiger charge is -2.23. The van der Waals surface area contributed by atoms with E-state index in [1.807, 2.05) is 19.2 Å². The summed E-state index contributed by atoms with van der Waals surface area (Å²) in [7, 11) is -3.27. The smallest absolute Gasteiger partial charge is 0.212 e. The van der Waals surface area contributed by atoms with Gasteiger partial charge in [0, 0.05) is 11.6 Å². The summed E-state index contributed by atoms with van der Waals surface area (Å²) in [5.74, 6) is 0.162. The van der Waals surface area contributed by atoms with Gasteiger partial charge in [-0.3, -0.25) is 0 Å². The molecule has 0 unspecified atom stereocenters. The number of aromatic nitrogens is 1. The van der Waals surface area contributed by atoms with Gasteiger partial charge in [0.1, 0.15) is 5.01 Å². The molecule has 0 aliphatic heterocycles. The second-order valence-electron chi connectivity index (χ2n) is 5.34. The van der Waals surface area contributed by atoms with Gasteiger partial charge in [0.15, 0.2) is 0 Å². The minimum Gasteiger partial charge on any atom is -0.317 e. The zero-order valence-electron chi connectivity index (χ0n) is 12.5. The molecule has 1 aromatic rings. The Morgan fingerprint density at radius 2 is 2.05 bits per heavy atom. The van der Waals surface area contributed by atoms with E-state index in [0.29, 0.717) is 6.42 Å². The van der Waals surface area contributed by atoms with Gasteiger partial charge in [0.05, 0.1) is 11.3 Å². The molecule has 0 atom stereocenters. The Bertz CT molecular complexity index is 470. The summed E-state index contributed by atoms with van der Waals surface area (Å²) in [6.07, 6.45) is 4.33. The number of nitrogens with one attached hydrogen (secondary N) is 2. The molecule has 1 rings (SSSR count). The van der Waals surface area contributed by atoms with Gasteiger partial charge >= 0.3 is 0 Å².